The number of allylic oxidation sites excluding steroid dienone is 1. The molecule has 2 N–H and O–H groups in total. The average Bonchev–Trinajstić information content (AvgIpc) is 3.75. The van der Waals surface area contributed by atoms with Gasteiger partial charge in [-0.2, -0.15) is 0 Å². The zero-order valence-corrected chi connectivity index (χ0v) is 29.1. The molecule has 2 atom stereocenters. The van der Waals surface area contributed by atoms with E-state index < -0.39 is 12.5 Å². The van der Waals surface area contributed by atoms with Gasteiger partial charge in [0.1, 0.15) is 11.7 Å². The Kier molecular flexibility index (Phi) is 6.85. The molecule has 54 heavy (non-hydrogen) atoms. The number of nitrogens with zero attached hydrogens (tertiary/aromatic N) is 5. The summed E-state index contributed by atoms with van der Waals surface area (Å²) in [5, 5.41) is 14.5. The first-order valence-corrected chi connectivity index (χ1v) is 18.3. The number of benzene rings is 7. The molecule has 2 aliphatic heterocycles. The topological polar surface area (TPSA) is 71.0 Å². The van der Waals surface area contributed by atoms with Crippen molar-refractivity contribution in [3.05, 3.63) is 187 Å². The van der Waals surface area contributed by atoms with E-state index in [-0.39, 0.29) is 0 Å². The molecule has 0 saturated carbocycles. The third kappa shape index (κ3) is 4.79. The lowest BCUT2D eigenvalue weighted by molar-refractivity contribution is 0.463. The Hall–Kier alpha value is -7.25. The molecule has 256 valence electrons. The second kappa shape index (κ2) is 12.2. The Bertz CT molecular complexity index is 3050. The number of nitrogens with one attached hydrogen (secondary N) is 2. The van der Waals surface area contributed by atoms with Crippen molar-refractivity contribution in [2.45, 2.75) is 12.5 Å². The summed E-state index contributed by atoms with van der Waals surface area (Å²) in [5.41, 5.74) is 8.55. The normalized spacial score (nSPS) is 17.1. The number of aliphatic imine (C=N–C) groups is 3. The van der Waals surface area contributed by atoms with Gasteiger partial charge in [-0.15, -0.1) is 0 Å². The summed E-state index contributed by atoms with van der Waals surface area (Å²) >= 11 is 0. The lowest BCUT2D eigenvalue weighted by atomic mass is 10.0. The summed E-state index contributed by atoms with van der Waals surface area (Å²) in [5.74, 6) is 1.55. The molecule has 11 rings (SSSR count). The van der Waals surface area contributed by atoms with E-state index in [1.807, 2.05) is 30.5 Å². The molecule has 4 heterocycles. The Balaban J connectivity index is 1.07. The summed E-state index contributed by atoms with van der Waals surface area (Å²) in [6.45, 7) is 0. The van der Waals surface area contributed by atoms with Crippen LogP contribution in [0.4, 0.5) is 0 Å². The van der Waals surface area contributed by atoms with E-state index in [0.717, 1.165) is 61.5 Å². The van der Waals surface area contributed by atoms with Crippen molar-refractivity contribution in [1.82, 2.24) is 19.8 Å². The predicted molar refractivity (Wildman–Crippen MR) is 223 cm³/mol. The minimum atomic E-state index is -0.523. The van der Waals surface area contributed by atoms with E-state index in [0.29, 0.717) is 0 Å². The number of amidine groups is 2. The van der Waals surface area contributed by atoms with E-state index in [1.165, 1.54) is 27.1 Å². The van der Waals surface area contributed by atoms with Crippen LogP contribution in [0.2, 0.25) is 0 Å². The molecule has 7 nitrogen and oxygen atoms in total. The fourth-order valence-electron chi connectivity index (χ4n) is 8.21. The SMILES string of the molecule is C1=NC(n2c3ccccc3c3cc4c5ccccc5n(-c5ccccc5)c4cc32)NC(C2N=C(c3ccccc3)NC(c3cccc4ccccc34)=N2)=C1. The Morgan fingerprint density at radius 2 is 1.15 bits per heavy atom. The van der Waals surface area contributed by atoms with Gasteiger partial charge in [0.15, 0.2) is 6.17 Å². The first-order chi connectivity index (χ1) is 26.8. The van der Waals surface area contributed by atoms with Crippen molar-refractivity contribution in [3.8, 4) is 5.69 Å². The average molecular weight is 696 g/mol. The molecular weight excluding hydrogens is 663 g/mol. The van der Waals surface area contributed by atoms with Crippen LogP contribution in [-0.2, 0) is 0 Å². The maximum atomic E-state index is 5.27. The van der Waals surface area contributed by atoms with Crippen LogP contribution in [0.1, 0.15) is 17.4 Å². The van der Waals surface area contributed by atoms with Gasteiger partial charge in [0.25, 0.3) is 0 Å². The number of fused-ring (bicyclic) bond motifs is 7. The van der Waals surface area contributed by atoms with E-state index >= 15 is 0 Å². The van der Waals surface area contributed by atoms with Crippen LogP contribution < -0.4 is 10.6 Å². The van der Waals surface area contributed by atoms with E-state index in [1.54, 1.807) is 0 Å². The molecule has 2 unspecified atom stereocenters. The zero-order valence-electron chi connectivity index (χ0n) is 29.1. The van der Waals surface area contributed by atoms with Gasteiger partial charge in [0.05, 0.1) is 27.8 Å². The van der Waals surface area contributed by atoms with E-state index in [9.17, 15) is 0 Å². The molecule has 7 aromatic carbocycles. The molecule has 9 aromatic rings. The molecule has 0 aliphatic carbocycles. The number of hydrogen-bond acceptors (Lipinski definition) is 5. The number of para-hydroxylation sites is 3. The van der Waals surface area contributed by atoms with Gasteiger partial charge in [0, 0.05) is 44.6 Å². The lowest BCUT2D eigenvalue weighted by Gasteiger charge is -2.29. The highest BCUT2D eigenvalue weighted by Crippen LogP contribution is 2.40. The highest BCUT2D eigenvalue weighted by Gasteiger charge is 2.28. The molecule has 2 aliphatic rings. The quantitative estimate of drug-likeness (QED) is 0.188. The van der Waals surface area contributed by atoms with Crippen LogP contribution in [0, 0.1) is 0 Å². The molecule has 2 aromatic heterocycles. The summed E-state index contributed by atoms with van der Waals surface area (Å²) in [7, 11) is 0. The summed E-state index contributed by atoms with van der Waals surface area (Å²) in [6, 6.07) is 57.6. The lowest BCUT2D eigenvalue weighted by Crippen LogP contribution is -2.41. The van der Waals surface area contributed by atoms with Crippen molar-refractivity contribution < 1.29 is 0 Å². The standard InChI is InChI=1S/C47H33N7/c1-3-15-31(16-4-1)44-50-45(36-23-13-17-30-14-7-8-20-33(30)36)52-46(51-44)39-26-27-48-47(49-39)54-41-25-12-10-22-35(41)38-28-37-34-21-9-11-24-40(34)53(42(37)29-43(38)54)32-18-5-2-6-19-32/h1-29,46-47,49H,(H,50,51,52). The van der Waals surface area contributed by atoms with Crippen LogP contribution in [0.5, 0.6) is 0 Å². The van der Waals surface area contributed by atoms with E-state index in [2.05, 4.69) is 165 Å². The van der Waals surface area contributed by atoms with E-state index in [4.69, 9.17) is 15.0 Å². The second-order valence-electron chi connectivity index (χ2n) is 13.7. The van der Waals surface area contributed by atoms with Crippen molar-refractivity contribution in [2.24, 2.45) is 15.0 Å². The summed E-state index contributed by atoms with van der Waals surface area (Å²) in [6.07, 6.45) is 2.94. The number of aromatic nitrogens is 2. The number of rotatable bonds is 5. The molecule has 0 amide bonds. The third-order valence-corrected chi connectivity index (χ3v) is 10.6. The van der Waals surface area contributed by atoms with Crippen LogP contribution >= 0.6 is 0 Å². The highest BCUT2D eigenvalue weighted by atomic mass is 15.3. The molecule has 0 saturated heterocycles. The van der Waals surface area contributed by atoms with Gasteiger partial charge in [-0.1, -0.05) is 127 Å². The van der Waals surface area contributed by atoms with Gasteiger partial charge in [0.2, 0.25) is 6.29 Å². The largest absolute Gasteiger partial charge is 0.346 e. The van der Waals surface area contributed by atoms with Crippen LogP contribution in [0.15, 0.2) is 191 Å². The first kappa shape index (κ1) is 30.4. The molecular formula is C47H33N7. The minimum absolute atomic E-state index is 0.430. The van der Waals surface area contributed by atoms with Gasteiger partial charge in [-0.05, 0) is 53.2 Å². The van der Waals surface area contributed by atoms with Crippen LogP contribution in [0.3, 0.4) is 0 Å². The van der Waals surface area contributed by atoms with Crippen molar-refractivity contribution in [1.29, 1.82) is 0 Å². The number of hydrogen-bond donors (Lipinski definition) is 2. The Morgan fingerprint density at radius 3 is 1.98 bits per heavy atom. The van der Waals surface area contributed by atoms with Crippen LogP contribution in [-0.4, -0.2) is 33.2 Å². The third-order valence-electron chi connectivity index (χ3n) is 10.6. The van der Waals surface area contributed by atoms with Crippen molar-refractivity contribution >= 4 is 72.3 Å². The fraction of sp³-hybridized carbons (Fsp3) is 0.0426. The summed E-state index contributed by atoms with van der Waals surface area (Å²) in [4.78, 5) is 15.5. The summed E-state index contributed by atoms with van der Waals surface area (Å²) < 4.78 is 4.69. The van der Waals surface area contributed by atoms with Crippen LogP contribution in [0.25, 0.3) is 60.1 Å². The molecule has 0 bridgehead atoms. The van der Waals surface area contributed by atoms with Gasteiger partial charge in [-0.3, -0.25) is 0 Å². The fourth-order valence-corrected chi connectivity index (χ4v) is 8.21. The smallest absolute Gasteiger partial charge is 0.200 e. The maximum absolute atomic E-state index is 5.27. The Morgan fingerprint density at radius 1 is 0.500 bits per heavy atom. The van der Waals surface area contributed by atoms with Crippen molar-refractivity contribution in [2.75, 3.05) is 0 Å². The predicted octanol–water partition coefficient (Wildman–Crippen LogP) is 9.88. The minimum Gasteiger partial charge on any atom is -0.346 e. The molecule has 0 spiro atoms. The zero-order chi connectivity index (χ0) is 35.6. The van der Waals surface area contributed by atoms with Gasteiger partial charge >= 0.3 is 0 Å². The highest BCUT2D eigenvalue weighted by molar-refractivity contribution is 6.20. The molecule has 7 heteroatoms. The van der Waals surface area contributed by atoms with Gasteiger partial charge < -0.3 is 19.8 Å². The van der Waals surface area contributed by atoms with Crippen molar-refractivity contribution in [3.63, 3.8) is 0 Å². The second-order valence-corrected chi connectivity index (χ2v) is 13.7. The molecule has 0 radical (unpaired) electrons. The maximum Gasteiger partial charge on any atom is 0.200 e. The Labute approximate surface area is 310 Å². The molecule has 0 fully saturated rings. The monoisotopic (exact) mass is 695 g/mol. The van der Waals surface area contributed by atoms with Gasteiger partial charge in [-0.25, -0.2) is 15.0 Å². The first-order valence-electron chi connectivity index (χ1n) is 18.3.